The molecule has 0 bridgehead atoms. The second-order valence-corrected chi connectivity index (χ2v) is 5.63. The van der Waals surface area contributed by atoms with Crippen molar-refractivity contribution in [2.75, 3.05) is 23.3 Å². The molecule has 1 aromatic carbocycles. The molecule has 1 unspecified atom stereocenters. The third kappa shape index (κ3) is 3.25. The van der Waals surface area contributed by atoms with Crippen LogP contribution in [0.25, 0.3) is 0 Å². The summed E-state index contributed by atoms with van der Waals surface area (Å²) in [4.78, 5) is 0. The third-order valence-corrected chi connectivity index (χ3v) is 4.29. The predicted molar refractivity (Wildman–Crippen MR) is 69.4 cm³/mol. The Kier molecular flexibility index (Phi) is 4.10. The first-order chi connectivity index (χ1) is 8.16. The number of nitrogens with two attached hydrogens (primary N) is 1. The molecular formula is C12H16F2N2S. The third-order valence-electron chi connectivity index (χ3n) is 2.89. The van der Waals surface area contributed by atoms with Gasteiger partial charge in [-0.2, -0.15) is 11.8 Å². The molecule has 94 valence electrons. The molecule has 1 aliphatic heterocycles. The monoisotopic (exact) mass is 258 g/mol. The summed E-state index contributed by atoms with van der Waals surface area (Å²) in [6.07, 6.45) is 3.64. The quantitative estimate of drug-likeness (QED) is 0.817. The van der Waals surface area contributed by atoms with Gasteiger partial charge in [-0.1, -0.05) is 6.42 Å². The highest BCUT2D eigenvalue weighted by atomic mass is 32.2. The Labute approximate surface area is 104 Å². The van der Waals surface area contributed by atoms with Crippen LogP contribution in [0.5, 0.6) is 0 Å². The highest BCUT2D eigenvalue weighted by Gasteiger charge is 2.15. The number of benzene rings is 1. The first kappa shape index (κ1) is 12.5. The Bertz CT molecular complexity index is 392. The van der Waals surface area contributed by atoms with Gasteiger partial charge in [0.15, 0.2) is 5.82 Å². The minimum Gasteiger partial charge on any atom is -0.395 e. The molecule has 1 atom stereocenters. The van der Waals surface area contributed by atoms with E-state index >= 15 is 0 Å². The number of hydrogen-bond acceptors (Lipinski definition) is 3. The summed E-state index contributed by atoms with van der Waals surface area (Å²) in [5, 5.41) is 3.55. The molecule has 3 N–H and O–H groups in total. The number of nitrogen functional groups attached to an aromatic ring is 1. The van der Waals surface area contributed by atoms with Gasteiger partial charge in [-0.05, 0) is 24.7 Å². The van der Waals surface area contributed by atoms with E-state index in [0.29, 0.717) is 17.5 Å². The highest BCUT2D eigenvalue weighted by molar-refractivity contribution is 7.99. The second kappa shape index (κ2) is 5.58. The number of anilines is 2. The first-order valence-corrected chi connectivity index (χ1v) is 6.81. The SMILES string of the molecule is Nc1c(F)cc(F)cc1NCC1CCCCS1. The number of rotatable bonds is 3. The van der Waals surface area contributed by atoms with Crippen molar-refractivity contribution in [1.29, 1.82) is 0 Å². The lowest BCUT2D eigenvalue weighted by molar-refractivity contribution is 0.586. The largest absolute Gasteiger partial charge is 0.395 e. The summed E-state index contributed by atoms with van der Waals surface area (Å²) >= 11 is 1.91. The second-order valence-electron chi connectivity index (χ2n) is 4.22. The molecule has 0 saturated carbocycles. The molecule has 17 heavy (non-hydrogen) atoms. The van der Waals surface area contributed by atoms with E-state index < -0.39 is 11.6 Å². The van der Waals surface area contributed by atoms with Crippen LogP contribution in [0.2, 0.25) is 0 Å². The Morgan fingerprint density at radius 2 is 2.18 bits per heavy atom. The minimum atomic E-state index is -0.705. The van der Waals surface area contributed by atoms with Gasteiger partial charge in [0.05, 0.1) is 11.4 Å². The van der Waals surface area contributed by atoms with Gasteiger partial charge in [-0.3, -0.25) is 0 Å². The molecule has 5 heteroatoms. The van der Waals surface area contributed by atoms with Crippen LogP contribution in [0.3, 0.4) is 0 Å². The Balaban J connectivity index is 1.98. The summed E-state index contributed by atoms with van der Waals surface area (Å²) in [6.45, 7) is 0.706. The van der Waals surface area contributed by atoms with Gasteiger partial charge >= 0.3 is 0 Å². The molecule has 1 aromatic rings. The molecule has 0 amide bonds. The summed E-state index contributed by atoms with van der Waals surface area (Å²) in [7, 11) is 0. The maximum Gasteiger partial charge on any atom is 0.151 e. The Morgan fingerprint density at radius 3 is 2.88 bits per heavy atom. The van der Waals surface area contributed by atoms with Crippen LogP contribution >= 0.6 is 11.8 Å². The summed E-state index contributed by atoms with van der Waals surface area (Å²) < 4.78 is 26.2. The maximum atomic E-state index is 13.2. The molecule has 0 aliphatic carbocycles. The van der Waals surface area contributed by atoms with E-state index in [1.165, 1.54) is 24.7 Å². The molecular weight excluding hydrogens is 242 g/mol. The van der Waals surface area contributed by atoms with Crippen molar-refractivity contribution in [2.45, 2.75) is 24.5 Å². The molecule has 1 saturated heterocycles. The molecule has 1 aliphatic rings. The van der Waals surface area contributed by atoms with E-state index in [1.807, 2.05) is 11.8 Å². The summed E-state index contributed by atoms with van der Waals surface area (Å²) in [6, 6.07) is 2.04. The average molecular weight is 258 g/mol. The van der Waals surface area contributed by atoms with Gasteiger partial charge in [0.1, 0.15) is 5.82 Å². The van der Waals surface area contributed by atoms with E-state index in [-0.39, 0.29) is 5.69 Å². The van der Waals surface area contributed by atoms with Crippen molar-refractivity contribution in [3.63, 3.8) is 0 Å². The van der Waals surface area contributed by atoms with Crippen molar-refractivity contribution in [1.82, 2.24) is 0 Å². The maximum absolute atomic E-state index is 13.2. The van der Waals surface area contributed by atoms with E-state index in [9.17, 15) is 8.78 Å². The zero-order valence-corrected chi connectivity index (χ0v) is 10.3. The molecule has 2 rings (SSSR count). The van der Waals surface area contributed by atoms with E-state index in [4.69, 9.17) is 5.73 Å². The summed E-state index contributed by atoms with van der Waals surface area (Å²) in [5.41, 5.74) is 5.90. The van der Waals surface area contributed by atoms with Crippen LogP contribution in [-0.2, 0) is 0 Å². The molecule has 2 nitrogen and oxygen atoms in total. The fourth-order valence-electron chi connectivity index (χ4n) is 1.92. The smallest absolute Gasteiger partial charge is 0.151 e. The topological polar surface area (TPSA) is 38.0 Å². The van der Waals surface area contributed by atoms with Gasteiger partial charge in [0.2, 0.25) is 0 Å². The van der Waals surface area contributed by atoms with Crippen LogP contribution in [0.1, 0.15) is 19.3 Å². The van der Waals surface area contributed by atoms with Gasteiger partial charge in [-0.15, -0.1) is 0 Å². The van der Waals surface area contributed by atoms with Gasteiger partial charge < -0.3 is 11.1 Å². The van der Waals surface area contributed by atoms with E-state index in [0.717, 1.165) is 12.5 Å². The van der Waals surface area contributed by atoms with Crippen molar-refractivity contribution in [2.24, 2.45) is 0 Å². The number of nitrogens with one attached hydrogen (secondary N) is 1. The van der Waals surface area contributed by atoms with Crippen molar-refractivity contribution in [3.05, 3.63) is 23.8 Å². The standard InChI is InChI=1S/C12H16F2N2S/c13-8-5-10(14)12(15)11(6-8)16-7-9-3-1-2-4-17-9/h5-6,9,16H,1-4,7,15H2. The fourth-order valence-corrected chi connectivity index (χ4v) is 3.16. The van der Waals surface area contributed by atoms with Crippen LogP contribution in [-0.4, -0.2) is 17.5 Å². The van der Waals surface area contributed by atoms with Crippen LogP contribution in [0.15, 0.2) is 12.1 Å². The predicted octanol–water partition coefficient (Wildman–Crippen LogP) is 3.24. The zero-order chi connectivity index (χ0) is 12.3. The number of hydrogen-bond donors (Lipinski definition) is 2. The van der Waals surface area contributed by atoms with Crippen LogP contribution < -0.4 is 11.1 Å². The lowest BCUT2D eigenvalue weighted by atomic mass is 10.2. The normalized spacial score (nSPS) is 20.2. The number of halogens is 2. The Hall–Kier alpha value is -0.970. The van der Waals surface area contributed by atoms with Gasteiger partial charge in [-0.25, -0.2) is 8.78 Å². The average Bonchev–Trinajstić information content (AvgIpc) is 2.33. The molecule has 0 spiro atoms. The van der Waals surface area contributed by atoms with Crippen molar-refractivity contribution >= 4 is 23.1 Å². The van der Waals surface area contributed by atoms with Crippen molar-refractivity contribution in [3.8, 4) is 0 Å². The fraction of sp³-hybridized carbons (Fsp3) is 0.500. The summed E-state index contributed by atoms with van der Waals surface area (Å²) in [5.74, 6) is -0.140. The first-order valence-electron chi connectivity index (χ1n) is 5.77. The van der Waals surface area contributed by atoms with Crippen molar-refractivity contribution < 1.29 is 8.78 Å². The van der Waals surface area contributed by atoms with Crippen LogP contribution in [0, 0.1) is 11.6 Å². The van der Waals surface area contributed by atoms with Gasteiger partial charge in [0.25, 0.3) is 0 Å². The number of thioether (sulfide) groups is 1. The van der Waals surface area contributed by atoms with Gasteiger partial charge in [0, 0.05) is 17.9 Å². The lowest BCUT2D eigenvalue weighted by Crippen LogP contribution is -2.20. The lowest BCUT2D eigenvalue weighted by Gasteiger charge is -2.22. The van der Waals surface area contributed by atoms with E-state index in [1.54, 1.807) is 0 Å². The molecule has 0 aromatic heterocycles. The van der Waals surface area contributed by atoms with Crippen LogP contribution in [0.4, 0.5) is 20.2 Å². The minimum absolute atomic E-state index is 0.00721. The molecule has 1 fully saturated rings. The van der Waals surface area contributed by atoms with E-state index in [2.05, 4.69) is 5.32 Å². The molecule has 1 heterocycles. The highest BCUT2D eigenvalue weighted by Crippen LogP contribution is 2.27. The Morgan fingerprint density at radius 1 is 1.35 bits per heavy atom. The molecule has 0 radical (unpaired) electrons. The zero-order valence-electron chi connectivity index (χ0n) is 9.51.